The first-order chi connectivity index (χ1) is 14.5. The van der Waals surface area contributed by atoms with E-state index in [1.165, 1.54) is 19.2 Å². The van der Waals surface area contributed by atoms with Crippen molar-refractivity contribution in [2.45, 2.75) is 6.42 Å². The van der Waals surface area contributed by atoms with Gasteiger partial charge in [-0.3, -0.25) is 9.59 Å². The van der Waals surface area contributed by atoms with Gasteiger partial charge in [0.1, 0.15) is 23.0 Å². The molecule has 4 rings (SSSR count). The second-order valence-electron chi connectivity index (χ2n) is 6.38. The van der Waals surface area contributed by atoms with E-state index in [0.29, 0.717) is 27.2 Å². The van der Waals surface area contributed by atoms with Crippen molar-refractivity contribution in [1.29, 1.82) is 0 Å². The molecule has 30 heavy (non-hydrogen) atoms. The number of rotatable bonds is 5. The Bertz CT molecular complexity index is 1400. The molecular weight excluding hydrogens is 409 g/mol. The summed E-state index contributed by atoms with van der Waals surface area (Å²) in [5.74, 6) is 0.797. The molecule has 0 radical (unpaired) electrons. The number of aromatic nitrogens is 3. The Morgan fingerprint density at radius 1 is 1.10 bits per heavy atom. The van der Waals surface area contributed by atoms with Crippen LogP contribution < -0.4 is 25.1 Å². The van der Waals surface area contributed by atoms with E-state index in [1.807, 2.05) is 0 Å². The molecule has 0 N–H and O–H groups in total. The Balaban J connectivity index is 1.79. The Kier molecular flexibility index (Phi) is 5.28. The SMILES string of the molecule is COc1ccc(C=c2sc3nc(=O)c(Cc4ccc(F)cc4)nn3c2=O)c(OC)c1. The molecule has 2 aromatic carbocycles. The fourth-order valence-electron chi connectivity index (χ4n) is 2.93. The molecule has 9 heteroatoms. The number of halogens is 1. The number of benzene rings is 2. The summed E-state index contributed by atoms with van der Waals surface area (Å²) in [6.07, 6.45) is 1.81. The average Bonchev–Trinajstić information content (AvgIpc) is 3.04. The van der Waals surface area contributed by atoms with Crippen molar-refractivity contribution in [3.05, 3.63) is 90.3 Å². The lowest BCUT2D eigenvalue weighted by atomic mass is 10.1. The first kappa shape index (κ1) is 19.7. The van der Waals surface area contributed by atoms with Gasteiger partial charge in [0.2, 0.25) is 4.96 Å². The lowest BCUT2D eigenvalue weighted by molar-refractivity contribution is 0.393. The molecule has 0 unspecified atom stereocenters. The molecule has 0 fully saturated rings. The zero-order valence-corrected chi connectivity index (χ0v) is 16.9. The highest BCUT2D eigenvalue weighted by atomic mass is 32.1. The molecular formula is C21H16FN3O4S. The van der Waals surface area contributed by atoms with Gasteiger partial charge in [-0.1, -0.05) is 23.5 Å². The third kappa shape index (κ3) is 3.79. The predicted molar refractivity (Wildman–Crippen MR) is 111 cm³/mol. The molecule has 0 aliphatic carbocycles. The average molecular weight is 425 g/mol. The molecule has 152 valence electrons. The maximum atomic E-state index is 13.1. The van der Waals surface area contributed by atoms with Crippen molar-refractivity contribution < 1.29 is 13.9 Å². The molecule has 7 nitrogen and oxygen atoms in total. The number of fused-ring (bicyclic) bond motifs is 1. The Morgan fingerprint density at radius 2 is 1.87 bits per heavy atom. The summed E-state index contributed by atoms with van der Waals surface area (Å²) in [5, 5.41) is 4.20. The van der Waals surface area contributed by atoms with E-state index in [0.717, 1.165) is 15.9 Å². The van der Waals surface area contributed by atoms with Gasteiger partial charge in [0.25, 0.3) is 11.1 Å². The maximum Gasteiger partial charge on any atom is 0.296 e. The standard InChI is InChI=1S/C21H16FN3O4S/c1-28-15-8-5-13(17(11-15)29-2)10-18-20(27)25-21(30-18)23-19(26)16(24-25)9-12-3-6-14(22)7-4-12/h3-8,10-11H,9H2,1-2H3. The zero-order chi connectivity index (χ0) is 21.3. The maximum absolute atomic E-state index is 13.1. The molecule has 0 saturated heterocycles. The van der Waals surface area contributed by atoms with E-state index in [4.69, 9.17) is 9.47 Å². The molecule has 0 amide bonds. The van der Waals surface area contributed by atoms with Gasteiger partial charge < -0.3 is 9.47 Å². The van der Waals surface area contributed by atoms with Gasteiger partial charge >= 0.3 is 0 Å². The van der Waals surface area contributed by atoms with E-state index in [-0.39, 0.29) is 28.5 Å². The van der Waals surface area contributed by atoms with E-state index in [2.05, 4.69) is 10.1 Å². The van der Waals surface area contributed by atoms with Crippen LogP contribution in [0.3, 0.4) is 0 Å². The largest absolute Gasteiger partial charge is 0.497 e. The van der Waals surface area contributed by atoms with Crippen molar-refractivity contribution >= 4 is 22.4 Å². The number of hydrogen-bond donors (Lipinski definition) is 0. The fourth-order valence-corrected chi connectivity index (χ4v) is 3.82. The minimum absolute atomic E-state index is 0.114. The predicted octanol–water partition coefficient (Wildman–Crippen LogP) is 1.81. The normalized spacial score (nSPS) is 11.8. The second kappa shape index (κ2) is 8.03. The van der Waals surface area contributed by atoms with Crippen molar-refractivity contribution in [1.82, 2.24) is 14.6 Å². The Morgan fingerprint density at radius 3 is 2.57 bits per heavy atom. The molecule has 0 atom stereocenters. The van der Waals surface area contributed by atoms with Crippen molar-refractivity contribution in [2.24, 2.45) is 0 Å². The van der Waals surface area contributed by atoms with E-state index in [9.17, 15) is 14.0 Å². The van der Waals surface area contributed by atoms with Gasteiger partial charge in [0.15, 0.2) is 0 Å². The number of hydrogen-bond acceptors (Lipinski definition) is 7. The van der Waals surface area contributed by atoms with Crippen molar-refractivity contribution in [2.75, 3.05) is 14.2 Å². The highest BCUT2D eigenvalue weighted by Crippen LogP contribution is 2.25. The number of thiazole rings is 1. The summed E-state index contributed by atoms with van der Waals surface area (Å²) in [4.78, 5) is 29.4. The van der Waals surface area contributed by atoms with Gasteiger partial charge in [0, 0.05) is 18.1 Å². The summed E-state index contributed by atoms with van der Waals surface area (Å²) in [5.41, 5.74) is 0.578. The monoisotopic (exact) mass is 425 g/mol. The molecule has 2 heterocycles. The minimum Gasteiger partial charge on any atom is -0.497 e. The lowest BCUT2D eigenvalue weighted by Gasteiger charge is -2.06. The number of methoxy groups -OCH3 is 2. The summed E-state index contributed by atoms with van der Waals surface area (Å²) in [7, 11) is 3.08. The van der Waals surface area contributed by atoms with E-state index < -0.39 is 5.56 Å². The van der Waals surface area contributed by atoms with Gasteiger partial charge in [-0.25, -0.2) is 4.39 Å². The summed E-state index contributed by atoms with van der Waals surface area (Å²) >= 11 is 1.06. The molecule has 2 aromatic heterocycles. The van der Waals surface area contributed by atoms with Gasteiger partial charge in [-0.15, -0.1) is 0 Å². The van der Waals surface area contributed by atoms with Crippen molar-refractivity contribution in [3.63, 3.8) is 0 Å². The van der Waals surface area contributed by atoms with Crippen molar-refractivity contribution in [3.8, 4) is 11.5 Å². The van der Waals surface area contributed by atoms with Crippen LogP contribution in [0.15, 0.2) is 52.1 Å². The molecule has 0 bridgehead atoms. The van der Waals surface area contributed by atoms with Crippen LogP contribution in [0.2, 0.25) is 0 Å². The van der Waals surface area contributed by atoms with Gasteiger partial charge in [0.05, 0.1) is 18.8 Å². The third-order valence-corrected chi connectivity index (χ3v) is 5.42. The first-order valence-corrected chi connectivity index (χ1v) is 9.71. The quantitative estimate of drug-likeness (QED) is 0.485. The highest BCUT2D eigenvalue weighted by Gasteiger charge is 2.12. The third-order valence-electron chi connectivity index (χ3n) is 4.46. The fraction of sp³-hybridized carbons (Fsp3) is 0.143. The Hall–Kier alpha value is -3.59. The van der Waals surface area contributed by atoms with Crippen LogP contribution in [0.25, 0.3) is 11.0 Å². The second-order valence-corrected chi connectivity index (χ2v) is 7.39. The molecule has 0 saturated carbocycles. The van der Waals surface area contributed by atoms with Crippen LogP contribution in [0, 0.1) is 5.82 Å². The first-order valence-electron chi connectivity index (χ1n) is 8.89. The topological polar surface area (TPSA) is 82.8 Å². The van der Waals surface area contributed by atoms with E-state index >= 15 is 0 Å². The smallest absolute Gasteiger partial charge is 0.296 e. The summed E-state index contributed by atoms with van der Waals surface area (Å²) in [6, 6.07) is 11.0. The molecule has 0 aliphatic rings. The van der Waals surface area contributed by atoms with Crippen LogP contribution in [0.5, 0.6) is 11.5 Å². The van der Waals surface area contributed by atoms with Crippen LogP contribution in [-0.4, -0.2) is 28.8 Å². The minimum atomic E-state index is -0.519. The summed E-state index contributed by atoms with van der Waals surface area (Å²) in [6.45, 7) is 0. The van der Waals surface area contributed by atoms with Crippen LogP contribution in [-0.2, 0) is 6.42 Å². The molecule has 0 aliphatic heterocycles. The van der Waals surface area contributed by atoms with Crippen LogP contribution >= 0.6 is 11.3 Å². The number of nitrogens with zero attached hydrogens (tertiary/aromatic N) is 3. The summed E-state index contributed by atoms with van der Waals surface area (Å²) < 4.78 is 25.1. The lowest BCUT2D eigenvalue weighted by Crippen LogP contribution is -2.28. The highest BCUT2D eigenvalue weighted by molar-refractivity contribution is 7.15. The molecule has 4 aromatic rings. The number of ether oxygens (including phenoxy) is 2. The van der Waals surface area contributed by atoms with Gasteiger partial charge in [-0.2, -0.15) is 14.6 Å². The van der Waals surface area contributed by atoms with Crippen LogP contribution in [0.4, 0.5) is 4.39 Å². The van der Waals surface area contributed by atoms with Gasteiger partial charge in [-0.05, 0) is 35.9 Å². The van der Waals surface area contributed by atoms with E-state index in [1.54, 1.807) is 43.5 Å². The van der Waals surface area contributed by atoms with Crippen LogP contribution in [0.1, 0.15) is 16.8 Å². The zero-order valence-electron chi connectivity index (χ0n) is 16.1. The Labute approximate surface area is 173 Å². The molecule has 0 spiro atoms.